The van der Waals surface area contributed by atoms with Gasteiger partial charge in [0.1, 0.15) is 5.60 Å². The molecule has 0 amide bonds. The molecule has 0 radical (unpaired) electrons. The molecule has 1 rings (SSSR count). The van der Waals surface area contributed by atoms with Crippen molar-refractivity contribution < 1.29 is 15.0 Å². The van der Waals surface area contributed by atoms with Gasteiger partial charge in [-0.1, -0.05) is 13.3 Å². The second-order valence-corrected chi connectivity index (χ2v) is 4.32. The van der Waals surface area contributed by atoms with Crippen LogP contribution in [-0.4, -0.2) is 26.2 Å². The van der Waals surface area contributed by atoms with Gasteiger partial charge in [0.15, 0.2) is 0 Å². The molecule has 0 aromatic carbocycles. The van der Waals surface area contributed by atoms with Gasteiger partial charge in [-0.25, -0.2) is 0 Å². The lowest BCUT2D eigenvalue weighted by Crippen LogP contribution is -2.38. The predicted octanol–water partition coefficient (Wildman–Crippen LogP) is 1.49. The second kappa shape index (κ2) is 5.23. The number of aliphatic carboxylic acids is 1. The predicted molar refractivity (Wildman–Crippen MR) is 62.4 cm³/mol. The number of carbonyl (C=O) groups is 1. The lowest BCUT2D eigenvalue weighted by molar-refractivity contribution is -0.152. The van der Waals surface area contributed by atoms with Crippen LogP contribution in [0.2, 0.25) is 0 Å². The number of aromatic nitrogens is 2. The monoisotopic (exact) mass is 238 g/mol. The van der Waals surface area contributed by atoms with Crippen LogP contribution in [0, 0.1) is 12.8 Å². The average Bonchev–Trinajstić information content (AvgIpc) is 2.25. The van der Waals surface area contributed by atoms with Crippen LogP contribution in [0.3, 0.4) is 0 Å². The Labute approximate surface area is 101 Å². The minimum absolute atomic E-state index is 0.334. The standard InChI is InChI=1S/C12H18N2O3/c1-4-5-9(11(15)16)12(3,17)10-8(2)13-6-7-14-10/h6-7,9,17H,4-5H2,1-3H3,(H,15,16). The molecule has 0 saturated carbocycles. The normalized spacial score (nSPS) is 16.2. The lowest BCUT2D eigenvalue weighted by Gasteiger charge is -2.30. The summed E-state index contributed by atoms with van der Waals surface area (Å²) in [6.45, 7) is 5.08. The van der Waals surface area contributed by atoms with Crippen LogP contribution in [0.25, 0.3) is 0 Å². The molecule has 1 aromatic heterocycles. The van der Waals surface area contributed by atoms with E-state index in [0.717, 1.165) is 0 Å². The number of aliphatic hydroxyl groups is 1. The van der Waals surface area contributed by atoms with E-state index in [4.69, 9.17) is 0 Å². The number of hydrogen-bond acceptors (Lipinski definition) is 4. The van der Waals surface area contributed by atoms with Gasteiger partial charge >= 0.3 is 5.97 Å². The number of carboxylic acids is 1. The number of nitrogens with zero attached hydrogens (tertiary/aromatic N) is 2. The molecule has 0 aliphatic carbocycles. The molecule has 0 spiro atoms. The topological polar surface area (TPSA) is 83.3 Å². The van der Waals surface area contributed by atoms with Crippen molar-refractivity contribution in [3.63, 3.8) is 0 Å². The van der Waals surface area contributed by atoms with Crippen molar-refractivity contribution in [2.45, 2.75) is 39.2 Å². The van der Waals surface area contributed by atoms with E-state index >= 15 is 0 Å². The number of carboxylic acid groups (broad SMARTS) is 1. The zero-order valence-electron chi connectivity index (χ0n) is 10.3. The van der Waals surface area contributed by atoms with Crippen molar-refractivity contribution in [1.82, 2.24) is 9.97 Å². The summed E-state index contributed by atoms with van der Waals surface area (Å²) in [6, 6.07) is 0. The Bertz CT molecular complexity index is 404. The van der Waals surface area contributed by atoms with Crippen molar-refractivity contribution in [3.05, 3.63) is 23.8 Å². The van der Waals surface area contributed by atoms with Crippen LogP contribution in [0.15, 0.2) is 12.4 Å². The number of aryl methyl sites for hydroxylation is 1. The third-order valence-corrected chi connectivity index (χ3v) is 2.91. The highest BCUT2D eigenvalue weighted by Gasteiger charge is 2.40. The fraction of sp³-hybridized carbons (Fsp3) is 0.583. The third kappa shape index (κ3) is 2.79. The molecule has 17 heavy (non-hydrogen) atoms. The first-order chi connectivity index (χ1) is 7.91. The summed E-state index contributed by atoms with van der Waals surface area (Å²) in [6.07, 6.45) is 4.07. The molecule has 5 heteroatoms. The molecule has 1 aromatic rings. The molecular weight excluding hydrogens is 220 g/mol. The van der Waals surface area contributed by atoms with E-state index < -0.39 is 17.5 Å². The maximum Gasteiger partial charge on any atom is 0.309 e. The zero-order valence-corrected chi connectivity index (χ0v) is 10.3. The van der Waals surface area contributed by atoms with Crippen molar-refractivity contribution in [3.8, 4) is 0 Å². The lowest BCUT2D eigenvalue weighted by atomic mass is 9.82. The van der Waals surface area contributed by atoms with Crippen LogP contribution in [0.4, 0.5) is 0 Å². The first-order valence-electron chi connectivity index (χ1n) is 5.64. The van der Waals surface area contributed by atoms with Gasteiger partial charge in [0, 0.05) is 12.4 Å². The van der Waals surface area contributed by atoms with Crippen LogP contribution in [0.1, 0.15) is 38.1 Å². The van der Waals surface area contributed by atoms with Gasteiger partial charge in [0.2, 0.25) is 0 Å². The summed E-state index contributed by atoms with van der Waals surface area (Å²) >= 11 is 0. The molecule has 0 fully saturated rings. The van der Waals surface area contributed by atoms with Crippen LogP contribution < -0.4 is 0 Å². The van der Waals surface area contributed by atoms with Crippen LogP contribution in [-0.2, 0) is 10.4 Å². The summed E-state index contributed by atoms with van der Waals surface area (Å²) < 4.78 is 0. The summed E-state index contributed by atoms with van der Waals surface area (Å²) in [4.78, 5) is 19.3. The SMILES string of the molecule is CCCC(C(=O)O)C(C)(O)c1nccnc1C. The zero-order chi connectivity index (χ0) is 13.1. The van der Waals surface area contributed by atoms with Crippen LogP contribution in [0.5, 0.6) is 0 Å². The van der Waals surface area contributed by atoms with E-state index in [2.05, 4.69) is 9.97 Å². The maximum atomic E-state index is 11.2. The highest BCUT2D eigenvalue weighted by Crippen LogP contribution is 2.32. The van der Waals surface area contributed by atoms with Gasteiger partial charge in [-0.15, -0.1) is 0 Å². The van der Waals surface area contributed by atoms with E-state index in [9.17, 15) is 15.0 Å². The first kappa shape index (κ1) is 13.6. The van der Waals surface area contributed by atoms with E-state index in [-0.39, 0.29) is 0 Å². The minimum atomic E-state index is -1.50. The van der Waals surface area contributed by atoms with Gasteiger partial charge < -0.3 is 10.2 Å². The minimum Gasteiger partial charge on any atom is -0.481 e. The average molecular weight is 238 g/mol. The Morgan fingerprint density at radius 1 is 1.47 bits per heavy atom. The molecule has 0 saturated heterocycles. The first-order valence-corrected chi connectivity index (χ1v) is 5.64. The van der Waals surface area contributed by atoms with Crippen molar-refractivity contribution in [1.29, 1.82) is 0 Å². The largest absolute Gasteiger partial charge is 0.481 e. The Morgan fingerprint density at radius 2 is 2.06 bits per heavy atom. The van der Waals surface area contributed by atoms with Gasteiger partial charge in [0.05, 0.1) is 17.3 Å². The van der Waals surface area contributed by atoms with E-state index in [1.54, 1.807) is 6.92 Å². The van der Waals surface area contributed by atoms with E-state index in [0.29, 0.717) is 24.2 Å². The summed E-state index contributed by atoms with van der Waals surface area (Å²) in [5, 5.41) is 19.6. The van der Waals surface area contributed by atoms with Gasteiger partial charge in [-0.05, 0) is 20.3 Å². The van der Waals surface area contributed by atoms with Crippen LogP contribution >= 0.6 is 0 Å². The van der Waals surface area contributed by atoms with Crippen molar-refractivity contribution in [2.24, 2.45) is 5.92 Å². The second-order valence-electron chi connectivity index (χ2n) is 4.32. The van der Waals surface area contributed by atoms with Crippen molar-refractivity contribution in [2.75, 3.05) is 0 Å². The Kier molecular flexibility index (Phi) is 4.17. The molecule has 94 valence electrons. The molecule has 0 bridgehead atoms. The van der Waals surface area contributed by atoms with Gasteiger partial charge in [-0.2, -0.15) is 0 Å². The third-order valence-electron chi connectivity index (χ3n) is 2.91. The van der Waals surface area contributed by atoms with E-state index in [1.165, 1.54) is 19.3 Å². The Hall–Kier alpha value is -1.49. The fourth-order valence-electron chi connectivity index (χ4n) is 2.00. The molecule has 2 unspecified atom stereocenters. The highest BCUT2D eigenvalue weighted by molar-refractivity contribution is 5.71. The summed E-state index contributed by atoms with van der Waals surface area (Å²) in [5.41, 5.74) is -0.610. The highest BCUT2D eigenvalue weighted by atomic mass is 16.4. The molecular formula is C12H18N2O3. The summed E-state index contributed by atoms with van der Waals surface area (Å²) in [7, 11) is 0. The Morgan fingerprint density at radius 3 is 2.53 bits per heavy atom. The number of hydrogen-bond donors (Lipinski definition) is 2. The molecule has 2 atom stereocenters. The van der Waals surface area contributed by atoms with Gasteiger partial charge in [0.25, 0.3) is 0 Å². The quantitative estimate of drug-likeness (QED) is 0.812. The molecule has 2 N–H and O–H groups in total. The maximum absolute atomic E-state index is 11.2. The van der Waals surface area contributed by atoms with Crippen molar-refractivity contribution >= 4 is 5.97 Å². The Balaban J connectivity index is 3.16. The van der Waals surface area contributed by atoms with E-state index in [1.807, 2.05) is 6.92 Å². The molecule has 5 nitrogen and oxygen atoms in total. The number of rotatable bonds is 5. The molecule has 1 heterocycles. The van der Waals surface area contributed by atoms with Gasteiger partial charge in [-0.3, -0.25) is 14.8 Å². The smallest absolute Gasteiger partial charge is 0.309 e. The molecule has 0 aliphatic heterocycles. The molecule has 0 aliphatic rings. The summed E-state index contributed by atoms with van der Waals surface area (Å²) in [5.74, 6) is -1.88. The fourth-order valence-corrected chi connectivity index (χ4v) is 2.00.